The van der Waals surface area contributed by atoms with Gasteiger partial charge in [-0.15, -0.1) is 0 Å². The second kappa shape index (κ2) is 5.69. The molecule has 0 unspecified atom stereocenters. The Morgan fingerprint density at radius 1 is 1.47 bits per heavy atom. The summed E-state index contributed by atoms with van der Waals surface area (Å²) in [5.74, 6) is 0. The maximum atomic E-state index is 6.20. The Morgan fingerprint density at radius 3 is 2.59 bits per heavy atom. The summed E-state index contributed by atoms with van der Waals surface area (Å²) < 4.78 is 0. The van der Waals surface area contributed by atoms with Gasteiger partial charge in [-0.2, -0.15) is 0 Å². The third-order valence-corrected chi connectivity index (χ3v) is 3.15. The van der Waals surface area contributed by atoms with E-state index in [-0.39, 0.29) is 5.54 Å². The third-order valence-electron chi connectivity index (χ3n) is 2.60. The minimum absolute atomic E-state index is 0.0309. The Bertz CT molecular complexity index is 416. The van der Waals surface area contributed by atoms with Crippen molar-refractivity contribution >= 4 is 34.5 Å². The van der Waals surface area contributed by atoms with Gasteiger partial charge in [-0.3, -0.25) is 0 Å². The van der Waals surface area contributed by atoms with Crippen LogP contribution in [0.4, 0.5) is 5.69 Å². The fourth-order valence-electron chi connectivity index (χ4n) is 1.82. The fourth-order valence-corrected chi connectivity index (χ4v) is 2.18. The quantitative estimate of drug-likeness (QED) is 0.796. The molecule has 0 atom stereocenters. The molecule has 0 aromatic heterocycles. The molecule has 0 amide bonds. The van der Waals surface area contributed by atoms with Crippen LogP contribution in [-0.2, 0) is 0 Å². The first-order valence-electron chi connectivity index (χ1n) is 5.73. The van der Waals surface area contributed by atoms with Gasteiger partial charge in [0.1, 0.15) is 4.99 Å². The van der Waals surface area contributed by atoms with Gasteiger partial charge in [0.05, 0.1) is 10.7 Å². The molecular formula is C13H19ClN2S. The smallest absolute Gasteiger partial charge is 0.104 e. The Morgan fingerprint density at radius 2 is 2.12 bits per heavy atom. The average Bonchev–Trinajstić information content (AvgIpc) is 2.20. The molecule has 0 bridgehead atoms. The Balaban J connectivity index is 2.90. The van der Waals surface area contributed by atoms with Crippen molar-refractivity contribution in [2.45, 2.75) is 39.2 Å². The molecule has 0 fully saturated rings. The highest BCUT2D eigenvalue weighted by molar-refractivity contribution is 7.80. The zero-order valence-corrected chi connectivity index (χ0v) is 12.1. The molecule has 0 spiro atoms. The SMILES string of the molecule is CCCC(C)(C)Nc1ccc(C(N)=S)cc1Cl. The summed E-state index contributed by atoms with van der Waals surface area (Å²) in [6, 6.07) is 5.61. The lowest BCUT2D eigenvalue weighted by Gasteiger charge is -2.27. The lowest BCUT2D eigenvalue weighted by molar-refractivity contribution is 0.511. The van der Waals surface area contributed by atoms with Gasteiger partial charge in [-0.05, 0) is 38.5 Å². The third kappa shape index (κ3) is 4.17. The van der Waals surface area contributed by atoms with E-state index < -0.39 is 0 Å². The van der Waals surface area contributed by atoms with Gasteiger partial charge in [0, 0.05) is 11.1 Å². The van der Waals surface area contributed by atoms with Crippen LogP contribution in [0.15, 0.2) is 18.2 Å². The van der Waals surface area contributed by atoms with Crippen LogP contribution in [0.25, 0.3) is 0 Å². The number of thiocarbonyl (C=S) groups is 1. The summed E-state index contributed by atoms with van der Waals surface area (Å²) in [4.78, 5) is 0.367. The Labute approximate surface area is 114 Å². The molecule has 1 aromatic carbocycles. The van der Waals surface area contributed by atoms with Crippen LogP contribution in [0.5, 0.6) is 0 Å². The Kier molecular flexibility index (Phi) is 4.78. The molecule has 4 heteroatoms. The molecule has 0 aliphatic rings. The topological polar surface area (TPSA) is 38.0 Å². The van der Waals surface area contributed by atoms with Crippen molar-refractivity contribution in [1.29, 1.82) is 0 Å². The zero-order valence-electron chi connectivity index (χ0n) is 10.5. The second-order valence-electron chi connectivity index (χ2n) is 4.82. The molecule has 2 nitrogen and oxygen atoms in total. The summed E-state index contributed by atoms with van der Waals surface area (Å²) in [6.45, 7) is 6.49. The van der Waals surface area contributed by atoms with Crippen LogP contribution in [-0.4, -0.2) is 10.5 Å². The number of nitrogens with one attached hydrogen (secondary N) is 1. The van der Waals surface area contributed by atoms with Crippen molar-refractivity contribution in [1.82, 2.24) is 0 Å². The molecule has 0 heterocycles. The minimum atomic E-state index is 0.0309. The minimum Gasteiger partial charge on any atom is -0.389 e. The van der Waals surface area contributed by atoms with E-state index in [2.05, 4.69) is 26.1 Å². The number of hydrogen-bond donors (Lipinski definition) is 2. The van der Waals surface area contributed by atoms with Gasteiger partial charge in [-0.25, -0.2) is 0 Å². The summed E-state index contributed by atoms with van der Waals surface area (Å²) in [6.07, 6.45) is 2.21. The largest absolute Gasteiger partial charge is 0.389 e. The number of benzene rings is 1. The van der Waals surface area contributed by atoms with Crippen molar-refractivity contribution in [2.24, 2.45) is 5.73 Å². The monoisotopic (exact) mass is 270 g/mol. The zero-order chi connectivity index (χ0) is 13.1. The molecule has 0 saturated carbocycles. The number of rotatable bonds is 5. The van der Waals surface area contributed by atoms with Gasteiger partial charge in [0.25, 0.3) is 0 Å². The van der Waals surface area contributed by atoms with Crippen LogP contribution in [0.1, 0.15) is 39.2 Å². The van der Waals surface area contributed by atoms with Crippen LogP contribution >= 0.6 is 23.8 Å². The number of anilines is 1. The predicted octanol–water partition coefficient (Wildman–Crippen LogP) is 3.96. The molecular weight excluding hydrogens is 252 g/mol. The molecule has 0 aliphatic carbocycles. The predicted molar refractivity (Wildman–Crippen MR) is 79.9 cm³/mol. The highest BCUT2D eigenvalue weighted by Gasteiger charge is 2.17. The maximum Gasteiger partial charge on any atom is 0.104 e. The summed E-state index contributed by atoms with van der Waals surface area (Å²) >= 11 is 11.1. The van der Waals surface area contributed by atoms with Gasteiger partial charge in [0.2, 0.25) is 0 Å². The molecule has 3 N–H and O–H groups in total. The van der Waals surface area contributed by atoms with E-state index in [9.17, 15) is 0 Å². The summed E-state index contributed by atoms with van der Waals surface area (Å²) in [5, 5.41) is 4.09. The number of halogens is 1. The summed E-state index contributed by atoms with van der Waals surface area (Å²) in [7, 11) is 0. The molecule has 0 saturated heterocycles. The molecule has 1 aromatic rings. The standard InChI is InChI=1S/C13H19ClN2S/c1-4-7-13(2,3)16-11-6-5-9(12(15)17)8-10(11)14/h5-6,8,16H,4,7H2,1-3H3,(H2,15,17). The molecule has 94 valence electrons. The average molecular weight is 271 g/mol. The Hall–Kier alpha value is -0.800. The first-order chi connectivity index (χ1) is 7.85. The normalized spacial score (nSPS) is 11.3. The van der Waals surface area contributed by atoms with E-state index in [1.807, 2.05) is 12.1 Å². The van der Waals surface area contributed by atoms with E-state index in [0.29, 0.717) is 10.0 Å². The van der Waals surface area contributed by atoms with Gasteiger partial charge in [-0.1, -0.05) is 37.2 Å². The van der Waals surface area contributed by atoms with Crippen LogP contribution < -0.4 is 11.1 Å². The molecule has 17 heavy (non-hydrogen) atoms. The van der Waals surface area contributed by atoms with Gasteiger partial charge < -0.3 is 11.1 Å². The van der Waals surface area contributed by atoms with E-state index >= 15 is 0 Å². The van der Waals surface area contributed by atoms with Crippen molar-refractivity contribution < 1.29 is 0 Å². The van der Waals surface area contributed by atoms with Crippen molar-refractivity contribution in [3.05, 3.63) is 28.8 Å². The molecule has 0 radical (unpaired) electrons. The van der Waals surface area contributed by atoms with Crippen molar-refractivity contribution in [3.63, 3.8) is 0 Å². The first-order valence-corrected chi connectivity index (χ1v) is 6.52. The van der Waals surface area contributed by atoms with E-state index in [1.54, 1.807) is 6.07 Å². The molecule has 0 aliphatic heterocycles. The van der Waals surface area contributed by atoms with Crippen LogP contribution in [0.3, 0.4) is 0 Å². The maximum absolute atomic E-state index is 6.20. The van der Waals surface area contributed by atoms with Gasteiger partial charge in [0.15, 0.2) is 0 Å². The highest BCUT2D eigenvalue weighted by atomic mass is 35.5. The van der Waals surface area contributed by atoms with E-state index in [0.717, 1.165) is 24.1 Å². The van der Waals surface area contributed by atoms with Crippen molar-refractivity contribution in [2.75, 3.05) is 5.32 Å². The first kappa shape index (κ1) is 14.3. The number of hydrogen-bond acceptors (Lipinski definition) is 2. The van der Waals surface area contributed by atoms with Crippen LogP contribution in [0.2, 0.25) is 5.02 Å². The second-order valence-corrected chi connectivity index (χ2v) is 5.66. The lowest BCUT2D eigenvalue weighted by Crippen LogP contribution is -2.30. The highest BCUT2D eigenvalue weighted by Crippen LogP contribution is 2.27. The van der Waals surface area contributed by atoms with E-state index in [1.165, 1.54) is 0 Å². The van der Waals surface area contributed by atoms with E-state index in [4.69, 9.17) is 29.6 Å². The number of nitrogens with two attached hydrogens (primary N) is 1. The van der Waals surface area contributed by atoms with Gasteiger partial charge >= 0.3 is 0 Å². The molecule has 1 rings (SSSR count). The van der Waals surface area contributed by atoms with Crippen LogP contribution in [0, 0.1) is 0 Å². The summed E-state index contributed by atoms with van der Waals surface area (Å²) in [5.41, 5.74) is 7.31. The van der Waals surface area contributed by atoms with Crippen molar-refractivity contribution in [3.8, 4) is 0 Å². The fraction of sp³-hybridized carbons (Fsp3) is 0.462. The lowest BCUT2D eigenvalue weighted by atomic mass is 9.98.